The van der Waals surface area contributed by atoms with Crippen molar-refractivity contribution >= 4 is 5.97 Å². The van der Waals surface area contributed by atoms with Gasteiger partial charge in [-0.3, -0.25) is 0 Å². The summed E-state index contributed by atoms with van der Waals surface area (Å²) >= 11 is 0. The molecule has 1 heterocycles. The molecule has 21 heavy (non-hydrogen) atoms. The number of carboxylic acids is 1. The number of benzene rings is 1. The summed E-state index contributed by atoms with van der Waals surface area (Å²) in [6, 6.07) is 7.55. The van der Waals surface area contributed by atoms with Gasteiger partial charge in [-0.05, 0) is 29.8 Å². The molecule has 0 radical (unpaired) electrons. The zero-order chi connectivity index (χ0) is 15.5. The molecule has 0 bridgehead atoms. The van der Waals surface area contributed by atoms with Gasteiger partial charge in [0.1, 0.15) is 18.1 Å². The summed E-state index contributed by atoms with van der Waals surface area (Å²) in [5.41, 5.74) is -0.655. The topological polar surface area (TPSA) is 59.4 Å². The van der Waals surface area contributed by atoms with Crippen LogP contribution < -0.4 is 4.74 Å². The van der Waals surface area contributed by atoms with E-state index in [0.717, 1.165) is 6.07 Å². The second-order valence-electron chi connectivity index (χ2n) is 4.14. The summed E-state index contributed by atoms with van der Waals surface area (Å²) in [6.07, 6.45) is -3.25. The number of pyridine rings is 1. The lowest BCUT2D eigenvalue weighted by Gasteiger charge is -2.13. The molecule has 0 amide bonds. The van der Waals surface area contributed by atoms with Gasteiger partial charge in [-0.1, -0.05) is 12.1 Å². The van der Waals surface area contributed by atoms with Crippen molar-refractivity contribution in [3.8, 4) is 5.75 Å². The third kappa shape index (κ3) is 3.71. The fourth-order valence-corrected chi connectivity index (χ4v) is 1.67. The molecule has 7 heteroatoms. The summed E-state index contributed by atoms with van der Waals surface area (Å²) in [5, 5.41) is 8.79. The van der Waals surface area contributed by atoms with Gasteiger partial charge in [0.15, 0.2) is 0 Å². The van der Waals surface area contributed by atoms with Crippen molar-refractivity contribution in [3.63, 3.8) is 0 Å². The first-order valence-corrected chi connectivity index (χ1v) is 5.85. The van der Waals surface area contributed by atoms with E-state index in [-0.39, 0.29) is 18.1 Å². The smallest absolute Gasteiger partial charge is 0.419 e. The van der Waals surface area contributed by atoms with E-state index in [0.29, 0.717) is 5.56 Å². The Bertz CT molecular complexity index is 656. The molecule has 2 rings (SSSR count). The van der Waals surface area contributed by atoms with E-state index >= 15 is 0 Å². The first kappa shape index (κ1) is 14.8. The van der Waals surface area contributed by atoms with Gasteiger partial charge in [0.2, 0.25) is 0 Å². The van der Waals surface area contributed by atoms with E-state index < -0.39 is 17.7 Å². The SMILES string of the molecule is O=C(O)c1cc(COc2ccccc2C(F)(F)F)ccn1. The largest absolute Gasteiger partial charge is 0.488 e. The van der Waals surface area contributed by atoms with Crippen molar-refractivity contribution in [1.29, 1.82) is 0 Å². The molecule has 0 aliphatic carbocycles. The minimum absolute atomic E-state index is 0.185. The Kier molecular flexibility index (Phi) is 4.11. The lowest BCUT2D eigenvalue weighted by atomic mass is 10.2. The van der Waals surface area contributed by atoms with Gasteiger partial charge in [0.05, 0.1) is 5.56 Å². The van der Waals surface area contributed by atoms with E-state index in [4.69, 9.17) is 9.84 Å². The van der Waals surface area contributed by atoms with Crippen molar-refractivity contribution in [2.24, 2.45) is 0 Å². The summed E-state index contributed by atoms with van der Waals surface area (Å²) in [4.78, 5) is 14.4. The highest BCUT2D eigenvalue weighted by Gasteiger charge is 2.33. The quantitative estimate of drug-likeness (QED) is 0.940. The molecule has 0 unspecified atom stereocenters. The van der Waals surface area contributed by atoms with Crippen molar-refractivity contribution in [3.05, 3.63) is 59.4 Å². The number of aromatic carboxylic acids is 1. The second kappa shape index (κ2) is 5.82. The average Bonchev–Trinajstić information content (AvgIpc) is 2.45. The van der Waals surface area contributed by atoms with Gasteiger partial charge in [-0.15, -0.1) is 0 Å². The van der Waals surface area contributed by atoms with Crippen LogP contribution in [0.5, 0.6) is 5.75 Å². The highest BCUT2D eigenvalue weighted by Crippen LogP contribution is 2.36. The molecule has 1 aromatic carbocycles. The molecule has 0 atom stereocenters. The van der Waals surface area contributed by atoms with E-state index in [9.17, 15) is 18.0 Å². The molecule has 0 spiro atoms. The van der Waals surface area contributed by atoms with E-state index in [1.165, 1.54) is 36.5 Å². The predicted molar refractivity (Wildman–Crippen MR) is 67.0 cm³/mol. The van der Waals surface area contributed by atoms with Crippen LogP contribution in [-0.2, 0) is 12.8 Å². The Hall–Kier alpha value is -2.57. The maximum Gasteiger partial charge on any atom is 0.419 e. The van der Waals surface area contributed by atoms with E-state index in [1.807, 2.05) is 0 Å². The first-order chi connectivity index (χ1) is 9.88. The fraction of sp³-hybridized carbons (Fsp3) is 0.143. The number of hydrogen-bond acceptors (Lipinski definition) is 3. The van der Waals surface area contributed by atoms with Crippen molar-refractivity contribution in [1.82, 2.24) is 4.98 Å². The van der Waals surface area contributed by atoms with E-state index in [2.05, 4.69) is 4.98 Å². The molecule has 1 aromatic heterocycles. The van der Waals surface area contributed by atoms with Crippen LogP contribution in [-0.4, -0.2) is 16.1 Å². The molecule has 0 saturated heterocycles. The average molecular weight is 297 g/mol. The third-order valence-corrected chi connectivity index (χ3v) is 2.63. The Morgan fingerprint density at radius 3 is 2.62 bits per heavy atom. The van der Waals surface area contributed by atoms with Crippen molar-refractivity contribution < 1.29 is 27.8 Å². The number of nitrogens with zero attached hydrogens (tertiary/aromatic N) is 1. The molecule has 0 aliphatic heterocycles. The number of halogens is 3. The number of rotatable bonds is 4. The molecular weight excluding hydrogens is 287 g/mol. The van der Waals surface area contributed by atoms with Crippen LogP contribution in [0.3, 0.4) is 0 Å². The van der Waals surface area contributed by atoms with Crippen LogP contribution in [0.4, 0.5) is 13.2 Å². The van der Waals surface area contributed by atoms with Gasteiger partial charge in [0, 0.05) is 6.20 Å². The van der Waals surface area contributed by atoms with Crippen LogP contribution in [0.15, 0.2) is 42.6 Å². The van der Waals surface area contributed by atoms with Gasteiger partial charge < -0.3 is 9.84 Å². The minimum atomic E-state index is -4.51. The van der Waals surface area contributed by atoms with Crippen LogP contribution in [0.1, 0.15) is 21.6 Å². The highest BCUT2D eigenvalue weighted by molar-refractivity contribution is 5.85. The van der Waals surface area contributed by atoms with Crippen LogP contribution in [0.2, 0.25) is 0 Å². The Morgan fingerprint density at radius 2 is 1.95 bits per heavy atom. The molecule has 4 nitrogen and oxygen atoms in total. The summed E-state index contributed by atoms with van der Waals surface area (Å²) in [5.74, 6) is -1.52. The number of para-hydroxylation sites is 1. The van der Waals surface area contributed by atoms with Crippen LogP contribution in [0, 0.1) is 0 Å². The predicted octanol–water partition coefficient (Wildman–Crippen LogP) is 3.38. The van der Waals surface area contributed by atoms with Crippen LogP contribution >= 0.6 is 0 Å². The number of aromatic nitrogens is 1. The molecule has 0 aliphatic rings. The standard InChI is InChI=1S/C14H10F3NO3/c15-14(16,17)10-3-1-2-4-12(10)21-8-9-5-6-18-11(7-9)13(19)20/h1-7H,8H2,(H,19,20). The Morgan fingerprint density at radius 1 is 1.24 bits per heavy atom. The van der Waals surface area contributed by atoms with Crippen molar-refractivity contribution in [2.45, 2.75) is 12.8 Å². The monoisotopic (exact) mass is 297 g/mol. The van der Waals surface area contributed by atoms with Gasteiger partial charge >= 0.3 is 12.1 Å². The van der Waals surface area contributed by atoms with Crippen molar-refractivity contribution in [2.75, 3.05) is 0 Å². The molecule has 2 aromatic rings. The molecule has 0 fully saturated rings. The summed E-state index contributed by atoms with van der Waals surface area (Å²) < 4.78 is 43.5. The number of alkyl halides is 3. The number of carbonyl (C=O) groups is 1. The fourth-order valence-electron chi connectivity index (χ4n) is 1.67. The zero-order valence-electron chi connectivity index (χ0n) is 10.6. The van der Waals surface area contributed by atoms with Crippen LogP contribution in [0.25, 0.3) is 0 Å². The van der Waals surface area contributed by atoms with E-state index in [1.54, 1.807) is 0 Å². The Labute approximate surface area is 117 Å². The zero-order valence-corrected chi connectivity index (χ0v) is 10.6. The molecule has 1 N–H and O–H groups in total. The molecule has 110 valence electrons. The van der Waals surface area contributed by atoms with Gasteiger partial charge in [0.25, 0.3) is 0 Å². The van der Waals surface area contributed by atoms with Gasteiger partial charge in [-0.2, -0.15) is 13.2 Å². The normalized spacial score (nSPS) is 11.2. The number of hydrogen-bond donors (Lipinski definition) is 1. The van der Waals surface area contributed by atoms with Gasteiger partial charge in [-0.25, -0.2) is 9.78 Å². The number of carboxylic acid groups (broad SMARTS) is 1. The lowest BCUT2D eigenvalue weighted by molar-refractivity contribution is -0.139. The minimum Gasteiger partial charge on any atom is -0.488 e. The lowest BCUT2D eigenvalue weighted by Crippen LogP contribution is -2.09. The first-order valence-electron chi connectivity index (χ1n) is 5.85. The number of ether oxygens (including phenoxy) is 1. The highest BCUT2D eigenvalue weighted by atomic mass is 19.4. The maximum atomic E-state index is 12.8. The second-order valence-corrected chi connectivity index (χ2v) is 4.14. The third-order valence-electron chi connectivity index (χ3n) is 2.63. The molecule has 0 saturated carbocycles. The Balaban J connectivity index is 2.17. The molecular formula is C14H10F3NO3. The summed E-state index contributed by atoms with van der Waals surface area (Å²) in [6.45, 7) is -0.185. The summed E-state index contributed by atoms with van der Waals surface area (Å²) in [7, 11) is 0. The maximum absolute atomic E-state index is 12.8.